The van der Waals surface area contributed by atoms with Crippen LogP contribution in [0.3, 0.4) is 0 Å². The van der Waals surface area contributed by atoms with Crippen molar-refractivity contribution in [3.63, 3.8) is 0 Å². The van der Waals surface area contributed by atoms with Crippen LogP contribution in [0.1, 0.15) is 30.1 Å². The highest BCUT2D eigenvalue weighted by molar-refractivity contribution is 7.92. The van der Waals surface area contributed by atoms with Gasteiger partial charge in [0.25, 0.3) is 15.9 Å². The number of carbonyl (C=O) groups is 1. The standard InChI is InChI=1S/C19H22N2O3S/c1-15-7-6-12-21(14-15)19(22)16-8-5-11-18(13-16)25(23,24)20-17-9-3-2-4-10-17/h2-5,8-11,13,15,20H,6-7,12,14H2,1H3. The van der Waals surface area contributed by atoms with Crippen molar-refractivity contribution >= 4 is 21.6 Å². The first-order valence-electron chi connectivity index (χ1n) is 8.43. The molecule has 25 heavy (non-hydrogen) atoms. The molecule has 6 heteroatoms. The van der Waals surface area contributed by atoms with E-state index in [0.717, 1.165) is 25.9 Å². The average molecular weight is 358 g/mol. The summed E-state index contributed by atoms with van der Waals surface area (Å²) in [6, 6.07) is 14.9. The monoisotopic (exact) mass is 358 g/mol. The molecule has 0 aliphatic carbocycles. The number of nitrogens with one attached hydrogen (secondary N) is 1. The molecule has 1 amide bonds. The van der Waals surface area contributed by atoms with Crippen molar-refractivity contribution in [2.45, 2.75) is 24.7 Å². The van der Waals surface area contributed by atoms with Crippen molar-refractivity contribution in [2.75, 3.05) is 17.8 Å². The van der Waals surface area contributed by atoms with Crippen LogP contribution < -0.4 is 4.72 Å². The number of rotatable bonds is 4. The summed E-state index contributed by atoms with van der Waals surface area (Å²) in [7, 11) is -3.73. The molecule has 1 N–H and O–H groups in total. The van der Waals surface area contributed by atoms with E-state index >= 15 is 0 Å². The van der Waals surface area contributed by atoms with Crippen molar-refractivity contribution in [2.24, 2.45) is 5.92 Å². The van der Waals surface area contributed by atoms with Crippen LogP contribution in [0.25, 0.3) is 0 Å². The number of anilines is 1. The van der Waals surface area contributed by atoms with Gasteiger partial charge in [0.1, 0.15) is 0 Å². The molecule has 0 bridgehead atoms. The van der Waals surface area contributed by atoms with E-state index in [9.17, 15) is 13.2 Å². The first-order valence-corrected chi connectivity index (χ1v) is 9.91. The van der Waals surface area contributed by atoms with Gasteiger partial charge in [-0.2, -0.15) is 0 Å². The predicted octanol–water partition coefficient (Wildman–Crippen LogP) is 3.36. The normalized spacial score (nSPS) is 18.0. The quantitative estimate of drug-likeness (QED) is 0.911. The second kappa shape index (κ2) is 7.27. The SMILES string of the molecule is CC1CCCN(C(=O)c2cccc(S(=O)(=O)Nc3ccccc3)c2)C1. The molecule has 1 heterocycles. The number of nitrogens with zero attached hydrogens (tertiary/aromatic N) is 1. The summed E-state index contributed by atoms with van der Waals surface area (Å²) in [6.07, 6.45) is 2.11. The second-order valence-electron chi connectivity index (χ2n) is 6.50. The summed E-state index contributed by atoms with van der Waals surface area (Å²) in [5.74, 6) is 0.368. The van der Waals surface area contributed by atoms with Crippen LogP contribution in [0.4, 0.5) is 5.69 Å². The number of hydrogen-bond acceptors (Lipinski definition) is 3. The molecule has 0 radical (unpaired) electrons. The summed E-state index contributed by atoms with van der Waals surface area (Å²) in [5, 5.41) is 0. The summed E-state index contributed by atoms with van der Waals surface area (Å²) < 4.78 is 27.7. The molecular weight excluding hydrogens is 336 g/mol. The second-order valence-corrected chi connectivity index (χ2v) is 8.18. The Morgan fingerprint density at radius 2 is 1.88 bits per heavy atom. The van der Waals surface area contributed by atoms with Gasteiger partial charge in [-0.3, -0.25) is 9.52 Å². The van der Waals surface area contributed by atoms with E-state index in [0.29, 0.717) is 17.2 Å². The van der Waals surface area contributed by atoms with Crippen LogP contribution in [0.2, 0.25) is 0 Å². The Morgan fingerprint density at radius 3 is 2.60 bits per heavy atom. The number of likely N-dealkylation sites (tertiary alicyclic amines) is 1. The third-order valence-corrected chi connectivity index (χ3v) is 5.74. The molecular formula is C19H22N2O3S. The zero-order valence-corrected chi connectivity index (χ0v) is 15.0. The van der Waals surface area contributed by atoms with Crippen molar-refractivity contribution in [1.29, 1.82) is 0 Å². The highest BCUT2D eigenvalue weighted by Crippen LogP contribution is 2.21. The number of piperidine rings is 1. The van der Waals surface area contributed by atoms with E-state index in [1.54, 1.807) is 36.4 Å². The van der Waals surface area contributed by atoms with Crippen LogP contribution in [-0.2, 0) is 10.0 Å². The third kappa shape index (κ3) is 4.20. The fourth-order valence-corrected chi connectivity index (χ4v) is 4.18. The van der Waals surface area contributed by atoms with Crippen LogP contribution in [-0.4, -0.2) is 32.3 Å². The lowest BCUT2D eigenvalue weighted by atomic mass is 9.99. The van der Waals surface area contributed by atoms with Crippen LogP contribution in [0.5, 0.6) is 0 Å². The highest BCUT2D eigenvalue weighted by Gasteiger charge is 2.23. The van der Waals surface area contributed by atoms with Crippen LogP contribution in [0, 0.1) is 5.92 Å². The smallest absolute Gasteiger partial charge is 0.261 e. The minimum atomic E-state index is -3.73. The molecule has 1 saturated heterocycles. The summed E-state index contributed by atoms with van der Waals surface area (Å²) >= 11 is 0. The summed E-state index contributed by atoms with van der Waals surface area (Å²) in [5.41, 5.74) is 0.897. The van der Waals surface area contributed by atoms with E-state index in [1.807, 2.05) is 11.0 Å². The number of benzene rings is 2. The van der Waals surface area contributed by atoms with Crippen molar-refractivity contribution in [3.8, 4) is 0 Å². The molecule has 1 fully saturated rings. The van der Waals surface area contributed by atoms with Crippen molar-refractivity contribution in [1.82, 2.24) is 4.90 Å². The van der Waals surface area contributed by atoms with E-state index in [-0.39, 0.29) is 10.8 Å². The molecule has 132 valence electrons. The molecule has 0 saturated carbocycles. The van der Waals surface area contributed by atoms with E-state index in [1.165, 1.54) is 12.1 Å². The number of sulfonamides is 1. The molecule has 2 aromatic rings. The molecule has 1 aliphatic heterocycles. The van der Waals surface area contributed by atoms with Gasteiger partial charge in [-0.15, -0.1) is 0 Å². The van der Waals surface area contributed by atoms with Crippen LogP contribution >= 0.6 is 0 Å². The number of para-hydroxylation sites is 1. The van der Waals surface area contributed by atoms with E-state index < -0.39 is 10.0 Å². The Morgan fingerprint density at radius 1 is 1.12 bits per heavy atom. The maximum absolute atomic E-state index is 12.7. The first-order chi connectivity index (χ1) is 12.0. The molecule has 1 unspecified atom stereocenters. The topological polar surface area (TPSA) is 66.5 Å². The van der Waals surface area contributed by atoms with Gasteiger partial charge in [-0.05, 0) is 49.1 Å². The number of hydrogen-bond donors (Lipinski definition) is 1. The zero-order valence-electron chi connectivity index (χ0n) is 14.2. The predicted molar refractivity (Wildman–Crippen MR) is 98.0 cm³/mol. The Balaban J connectivity index is 1.82. The van der Waals surface area contributed by atoms with Gasteiger partial charge in [-0.1, -0.05) is 31.2 Å². The highest BCUT2D eigenvalue weighted by atomic mass is 32.2. The van der Waals surface area contributed by atoms with Gasteiger partial charge in [0.05, 0.1) is 4.90 Å². The molecule has 1 aliphatic rings. The molecule has 2 aromatic carbocycles. The number of amides is 1. The molecule has 0 spiro atoms. The van der Waals surface area contributed by atoms with Crippen molar-refractivity contribution < 1.29 is 13.2 Å². The van der Waals surface area contributed by atoms with E-state index in [4.69, 9.17) is 0 Å². The fourth-order valence-electron chi connectivity index (χ4n) is 3.07. The Kier molecular flexibility index (Phi) is 5.08. The molecule has 1 atom stereocenters. The number of carbonyl (C=O) groups excluding carboxylic acids is 1. The Hall–Kier alpha value is -2.34. The van der Waals surface area contributed by atoms with Crippen molar-refractivity contribution in [3.05, 3.63) is 60.2 Å². The minimum absolute atomic E-state index is 0.0901. The van der Waals surface area contributed by atoms with Gasteiger partial charge in [0.2, 0.25) is 0 Å². The van der Waals surface area contributed by atoms with Gasteiger partial charge in [-0.25, -0.2) is 8.42 Å². The summed E-state index contributed by atoms with van der Waals surface area (Å²) in [4.78, 5) is 14.6. The maximum atomic E-state index is 12.7. The lowest BCUT2D eigenvalue weighted by Crippen LogP contribution is -2.39. The minimum Gasteiger partial charge on any atom is -0.338 e. The fraction of sp³-hybridized carbons (Fsp3) is 0.316. The molecule has 5 nitrogen and oxygen atoms in total. The van der Waals surface area contributed by atoms with Gasteiger partial charge >= 0.3 is 0 Å². The lowest BCUT2D eigenvalue weighted by molar-refractivity contribution is 0.0683. The van der Waals surface area contributed by atoms with Gasteiger partial charge in [0, 0.05) is 24.3 Å². The van der Waals surface area contributed by atoms with Gasteiger partial charge in [0.15, 0.2) is 0 Å². The van der Waals surface area contributed by atoms with E-state index in [2.05, 4.69) is 11.6 Å². The lowest BCUT2D eigenvalue weighted by Gasteiger charge is -2.31. The van der Waals surface area contributed by atoms with Crippen LogP contribution in [0.15, 0.2) is 59.5 Å². The Labute approximate surface area is 148 Å². The van der Waals surface area contributed by atoms with Gasteiger partial charge < -0.3 is 4.90 Å². The average Bonchev–Trinajstić information content (AvgIpc) is 2.62. The summed E-state index contributed by atoms with van der Waals surface area (Å²) in [6.45, 7) is 3.57. The molecule has 0 aromatic heterocycles. The molecule has 3 rings (SSSR count). The third-order valence-electron chi connectivity index (χ3n) is 4.36. The Bertz CT molecular complexity index is 850. The maximum Gasteiger partial charge on any atom is 0.261 e. The zero-order chi connectivity index (χ0) is 17.9. The first kappa shape index (κ1) is 17.5. The largest absolute Gasteiger partial charge is 0.338 e.